The second-order valence-corrected chi connectivity index (χ2v) is 4.38. The van der Waals surface area contributed by atoms with Crippen LogP contribution in [-0.4, -0.2) is 44.1 Å². The number of methoxy groups -OCH3 is 1. The van der Waals surface area contributed by atoms with Crippen LogP contribution in [0.5, 0.6) is 5.75 Å². The zero-order chi connectivity index (χ0) is 15.8. The lowest BCUT2D eigenvalue weighted by Crippen LogP contribution is -2.47. The number of rotatable bonds is 3. The highest BCUT2D eigenvalue weighted by atomic mass is 19.1. The Bertz CT molecular complexity index is 466. The third-order valence-electron chi connectivity index (χ3n) is 3.15. The first-order chi connectivity index (χ1) is 10.1. The van der Waals surface area contributed by atoms with E-state index in [0.717, 1.165) is 12.1 Å². The predicted molar refractivity (Wildman–Crippen MR) is 77.3 cm³/mol. The molecule has 1 heterocycles. The molecule has 0 atom stereocenters. The first kappa shape index (κ1) is 17.1. The number of ether oxygens (including phenoxy) is 1. The Balaban J connectivity index is 0.00000106. The molecular weight excluding hydrogens is 278 g/mol. The first-order valence-corrected chi connectivity index (χ1v) is 6.62. The molecular formula is C15H20F2N2O2. The van der Waals surface area contributed by atoms with Gasteiger partial charge in [0.1, 0.15) is 17.4 Å². The van der Waals surface area contributed by atoms with Crippen molar-refractivity contribution in [2.24, 2.45) is 0 Å². The molecule has 0 aliphatic carbocycles. The van der Waals surface area contributed by atoms with Gasteiger partial charge in [-0.3, -0.25) is 4.79 Å². The third-order valence-corrected chi connectivity index (χ3v) is 3.15. The maximum atomic E-state index is 13.7. The molecule has 1 amide bonds. The SMILES string of the molecule is C=C.COc1cc(F)c(CC(=O)N2CCNCC2)c(F)c1. The van der Waals surface area contributed by atoms with E-state index in [0.29, 0.717) is 26.2 Å². The lowest BCUT2D eigenvalue weighted by molar-refractivity contribution is -0.131. The zero-order valence-corrected chi connectivity index (χ0v) is 12.1. The Kier molecular flexibility index (Phi) is 6.81. The van der Waals surface area contributed by atoms with E-state index in [9.17, 15) is 13.6 Å². The normalized spacial score (nSPS) is 14.1. The molecule has 2 rings (SSSR count). The predicted octanol–water partition coefficient (Wildman–Crippen LogP) is 1.75. The Labute approximate surface area is 123 Å². The van der Waals surface area contributed by atoms with E-state index in [2.05, 4.69) is 18.5 Å². The monoisotopic (exact) mass is 298 g/mol. The summed E-state index contributed by atoms with van der Waals surface area (Å²) in [4.78, 5) is 13.6. The highest BCUT2D eigenvalue weighted by molar-refractivity contribution is 5.79. The van der Waals surface area contributed by atoms with Gasteiger partial charge in [-0.25, -0.2) is 8.78 Å². The first-order valence-electron chi connectivity index (χ1n) is 6.62. The maximum Gasteiger partial charge on any atom is 0.227 e. The van der Waals surface area contributed by atoms with Crippen LogP contribution in [0.15, 0.2) is 25.3 Å². The van der Waals surface area contributed by atoms with Crippen molar-refractivity contribution >= 4 is 5.91 Å². The quantitative estimate of drug-likeness (QED) is 0.865. The summed E-state index contributed by atoms with van der Waals surface area (Å²) in [5.74, 6) is -1.65. The summed E-state index contributed by atoms with van der Waals surface area (Å²) >= 11 is 0. The molecule has 21 heavy (non-hydrogen) atoms. The van der Waals surface area contributed by atoms with Crippen LogP contribution >= 0.6 is 0 Å². The van der Waals surface area contributed by atoms with Gasteiger partial charge >= 0.3 is 0 Å². The van der Waals surface area contributed by atoms with Gasteiger partial charge in [0.05, 0.1) is 13.5 Å². The van der Waals surface area contributed by atoms with Crippen LogP contribution < -0.4 is 10.1 Å². The molecule has 0 spiro atoms. The minimum Gasteiger partial charge on any atom is -0.497 e. The number of hydrogen-bond donors (Lipinski definition) is 1. The average Bonchev–Trinajstić information content (AvgIpc) is 2.53. The molecule has 4 nitrogen and oxygen atoms in total. The van der Waals surface area contributed by atoms with Crippen LogP contribution in [0.3, 0.4) is 0 Å². The molecule has 0 saturated carbocycles. The van der Waals surface area contributed by atoms with E-state index in [1.807, 2.05) is 0 Å². The van der Waals surface area contributed by atoms with E-state index in [-0.39, 0.29) is 23.6 Å². The smallest absolute Gasteiger partial charge is 0.227 e. The minimum atomic E-state index is -0.750. The number of carbonyl (C=O) groups excluding carboxylic acids is 1. The number of amides is 1. The molecule has 0 bridgehead atoms. The lowest BCUT2D eigenvalue weighted by Gasteiger charge is -2.27. The van der Waals surface area contributed by atoms with Crippen LogP contribution in [0.25, 0.3) is 0 Å². The van der Waals surface area contributed by atoms with Gasteiger partial charge in [-0.2, -0.15) is 0 Å². The topological polar surface area (TPSA) is 41.6 Å². The highest BCUT2D eigenvalue weighted by Crippen LogP contribution is 2.21. The molecule has 1 fully saturated rings. The third kappa shape index (κ3) is 4.53. The van der Waals surface area contributed by atoms with Crippen LogP contribution in [0.4, 0.5) is 8.78 Å². The van der Waals surface area contributed by atoms with Crippen LogP contribution in [-0.2, 0) is 11.2 Å². The summed E-state index contributed by atoms with van der Waals surface area (Å²) in [6.45, 7) is 8.55. The van der Waals surface area contributed by atoms with Gasteiger partial charge in [0.15, 0.2) is 0 Å². The van der Waals surface area contributed by atoms with Crippen molar-refractivity contribution in [1.29, 1.82) is 0 Å². The van der Waals surface area contributed by atoms with Crippen LogP contribution in [0, 0.1) is 11.6 Å². The van der Waals surface area contributed by atoms with Crippen molar-refractivity contribution in [2.75, 3.05) is 33.3 Å². The molecule has 6 heteroatoms. The summed E-state index contributed by atoms with van der Waals surface area (Å²) in [6.07, 6.45) is -0.262. The molecule has 0 unspecified atom stereocenters. The fourth-order valence-corrected chi connectivity index (χ4v) is 2.04. The van der Waals surface area contributed by atoms with Gasteiger partial charge in [0.25, 0.3) is 0 Å². The largest absolute Gasteiger partial charge is 0.497 e. The van der Waals surface area contributed by atoms with Gasteiger partial charge in [0.2, 0.25) is 5.91 Å². The number of benzene rings is 1. The number of piperazine rings is 1. The zero-order valence-electron chi connectivity index (χ0n) is 12.1. The number of nitrogens with one attached hydrogen (secondary N) is 1. The summed E-state index contributed by atoms with van der Waals surface area (Å²) < 4.78 is 32.2. The summed E-state index contributed by atoms with van der Waals surface area (Å²) in [7, 11) is 1.33. The van der Waals surface area contributed by atoms with Gasteiger partial charge in [-0.15, -0.1) is 13.2 Å². The highest BCUT2D eigenvalue weighted by Gasteiger charge is 2.20. The van der Waals surface area contributed by atoms with Gasteiger partial charge in [0, 0.05) is 43.9 Å². The number of nitrogens with zero attached hydrogens (tertiary/aromatic N) is 1. The lowest BCUT2D eigenvalue weighted by atomic mass is 10.1. The Morgan fingerprint density at radius 1 is 1.29 bits per heavy atom. The molecule has 0 aromatic heterocycles. The molecule has 116 valence electrons. The molecule has 1 N–H and O–H groups in total. The number of halogens is 2. The van der Waals surface area contributed by atoms with Crippen LogP contribution in [0.2, 0.25) is 0 Å². The average molecular weight is 298 g/mol. The molecule has 1 aliphatic rings. The van der Waals surface area contributed by atoms with E-state index in [1.165, 1.54) is 7.11 Å². The van der Waals surface area contributed by atoms with Gasteiger partial charge < -0.3 is 15.0 Å². The maximum absolute atomic E-state index is 13.7. The summed E-state index contributed by atoms with van der Waals surface area (Å²) in [6, 6.07) is 2.17. The van der Waals surface area contributed by atoms with Crippen molar-refractivity contribution in [2.45, 2.75) is 6.42 Å². The summed E-state index contributed by atoms with van der Waals surface area (Å²) in [5.41, 5.74) is -0.204. The Morgan fingerprint density at radius 2 is 1.81 bits per heavy atom. The van der Waals surface area contributed by atoms with Crippen molar-refractivity contribution in [1.82, 2.24) is 10.2 Å². The fourth-order valence-electron chi connectivity index (χ4n) is 2.04. The number of hydrogen-bond acceptors (Lipinski definition) is 3. The molecule has 1 saturated heterocycles. The van der Waals surface area contributed by atoms with Gasteiger partial charge in [-0.1, -0.05) is 0 Å². The van der Waals surface area contributed by atoms with Crippen LogP contribution in [0.1, 0.15) is 5.56 Å². The minimum absolute atomic E-state index is 0.105. The van der Waals surface area contributed by atoms with Crippen molar-refractivity contribution < 1.29 is 18.3 Å². The van der Waals surface area contributed by atoms with Crippen molar-refractivity contribution in [3.63, 3.8) is 0 Å². The Morgan fingerprint density at radius 3 is 2.29 bits per heavy atom. The standard InChI is InChI=1S/C13H16F2N2O2.C2H4/c1-19-9-6-11(14)10(12(15)7-9)8-13(18)17-4-2-16-3-5-17;1-2/h6-7,16H,2-5,8H2,1H3;1-2H2. The fraction of sp³-hybridized carbons (Fsp3) is 0.400. The second kappa shape index (κ2) is 8.36. The van der Waals surface area contributed by atoms with E-state index in [1.54, 1.807) is 4.90 Å². The molecule has 0 radical (unpaired) electrons. The van der Waals surface area contributed by atoms with E-state index < -0.39 is 11.6 Å². The summed E-state index contributed by atoms with van der Waals surface area (Å²) in [5, 5.41) is 3.11. The van der Waals surface area contributed by atoms with Crippen molar-refractivity contribution in [3.8, 4) is 5.75 Å². The molecule has 1 aromatic rings. The molecule has 1 aromatic carbocycles. The Hall–Kier alpha value is -1.95. The van der Waals surface area contributed by atoms with E-state index >= 15 is 0 Å². The van der Waals surface area contributed by atoms with E-state index in [4.69, 9.17) is 4.74 Å². The molecule has 1 aliphatic heterocycles. The van der Waals surface area contributed by atoms with Gasteiger partial charge in [-0.05, 0) is 0 Å². The number of carbonyl (C=O) groups is 1. The second-order valence-electron chi connectivity index (χ2n) is 4.38. The van der Waals surface area contributed by atoms with Crippen molar-refractivity contribution in [3.05, 3.63) is 42.5 Å².